The lowest BCUT2D eigenvalue weighted by molar-refractivity contribution is -0.384. The number of rotatable bonds is 12. The molecule has 5 rings (SSSR count). The van der Waals surface area contributed by atoms with E-state index < -0.39 is 27.0 Å². The Morgan fingerprint density at radius 1 is 1.06 bits per heavy atom. The monoisotopic (exact) mass is 698 g/mol. The van der Waals surface area contributed by atoms with Crippen LogP contribution < -0.4 is 9.46 Å². The van der Waals surface area contributed by atoms with Gasteiger partial charge >= 0.3 is 5.97 Å². The topological polar surface area (TPSA) is 143 Å². The molecule has 0 saturated heterocycles. The SMILES string of the molecule is COC(=O)[C@H](CC1=COC=C(C2=CC=CC[C@H]2c2ccc(OCc3ccc(Cl)c(Cl)c3)cc2)O1)NS(=O)(=O)c1ccc([N+](=O)[O-])cc1. The molecule has 0 aromatic heterocycles. The summed E-state index contributed by atoms with van der Waals surface area (Å²) in [5.41, 5.74) is 2.40. The van der Waals surface area contributed by atoms with Crippen LogP contribution in [0.3, 0.4) is 0 Å². The Labute approximate surface area is 280 Å². The largest absolute Gasteiger partial charge is 0.489 e. The normalized spacial score (nSPS) is 16.5. The number of carbonyl (C=O) groups excluding carboxylic acids is 1. The summed E-state index contributed by atoms with van der Waals surface area (Å²) in [6.45, 7) is 0.317. The number of halogens is 2. The first-order chi connectivity index (χ1) is 22.5. The molecule has 1 heterocycles. The fourth-order valence-electron chi connectivity index (χ4n) is 4.89. The quantitative estimate of drug-likeness (QED) is 0.119. The highest BCUT2D eigenvalue weighted by atomic mass is 35.5. The first-order valence-corrected chi connectivity index (χ1v) is 16.4. The number of ether oxygens (including phenoxy) is 4. The van der Waals surface area contributed by atoms with E-state index in [1.807, 2.05) is 48.6 Å². The third kappa shape index (κ3) is 8.40. The van der Waals surface area contributed by atoms with Crippen molar-refractivity contribution in [1.29, 1.82) is 0 Å². The van der Waals surface area contributed by atoms with Crippen LogP contribution in [0.4, 0.5) is 5.69 Å². The molecule has 0 spiro atoms. The number of nitro groups is 1. The smallest absolute Gasteiger partial charge is 0.324 e. The van der Waals surface area contributed by atoms with E-state index in [-0.39, 0.29) is 28.7 Å². The van der Waals surface area contributed by atoms with E-state index in [2.05, 4.69) is 4.72 Å². The summed E-state index contributed by atoms with van der Waals surface area (Å²) < 4.78 is 50.8. The van der Waals surface area contributed by atoms with Crippen molar-refractivity contribution in [3.63, 3.8) is 0 Å². The highest BCUT2D eigenvalue weighted by Gasteiger charge is 2.31. The summed E-state index contributed by atoms with van der Waals surface area (Å²) in [4.78, 5) is 22.7. The zero-order valence-electron chi connectivity index (χ0n) is 24.8. The third-order valence-corrected chi connectivity index (χ3v) is 9.50. The molecule has 1 aliphatic carbocycles. The van der Waals surface area contributed by atoms with Gasteiger partial charge in [-0.2, -0.15) is 4.72 Å². The lowest BCUT2D eigenvalue weighted by Crippen LogP contribution is -2.42. The molecule has 0 unspecified atom stereocenters. The van der Waals surface area contributed by atoms with E-state index in [1.165, 1.54) is 12.5 Å². The van der Waals surface area contributed by atoms with Gasteiger partial charge in [-0.3, -0.25) is 14.9 Å². The average Bonchev–Trinajstić information content (AvgIpc) is 3.08. The molecule has 244 valence electrons. The Bertz CT molecular complexity index is 1890. The molecule has 47 heavy (non-hydrogen) atoms. The third-order valence-electron chi connectivity index (χ3n) is 7.28. The minimum absolute atomic E-state index is 0.102. The zero-order chi connectivity index (χ0) is 33.6. The summed E-state index contributed by atoms with van der Waals surface area (Å²) in [5, 5.41) is 11.9. The van der Waals surface area contributed by atoms with Gasteiger partial charge in [0.05, 0.1) is 27.0 Å². The summed E-state index contributed by atoms with van der Waals surface area (Å²) in [6.07, 6.45) is 8.97. The van der Waals surface area contributed by atoms with Crippen LogP contribution >= 0.6 is 23.2 Å². The van der Waals surface area contributed by atoms with Crippen molar-refractivity contribution in [2.24, 2.45) is 0 Å². The molecule has 1 N–H and O–H groups in total. The van der Waals surface area contributed by atoms with Crippen molar-refractivity contribution in [3.8, 4) is 5.75 Å². The molecule has 1 aliphatic heterocycles. The van der Waals surface area contributed by atoms with Gasteiger partial charge < -0.3 is 18.9 Å². The summed E-state index contributed by atoms with van der Waals surface area (Å²) in [5.74, 6) is 0.261. The van der Waals surface area contributed by atoms with Crippen molar-refractivity contribution in [2.75, 3.05) is 7.11 Å². The van der Waals surface area contributed by atoms with Crippen LogP contribution in [0.15, 0.2) is 119 Å². The van der Waals surface area contributed by atoms with Crippen molar-refractivity contribution in [3.05, 3.63) is 146 Å². The number of hydrogen-bond donors (Lipinski definition) is 1. The summed E-state index contributed by atoms with van der Waals surface area (Å²) >= 11 is 12.1. The van der Waals surface area contributed by atoms with Crippen LogP contribution in [0, 0.1) is 10.1 Å². The molecule has 0 saturated carbocycles. The number of nitrogens with zero attached hydrogens (tertiary/aromatic N) is 1. The zero-order valence-corrected chi connectivity index (χ0v) is 27.1. The average molecular weight is 700 g/mol. The van der Waals surface area contributed by atoms with Gasteiger partial charge in [0.25, 0.3) is 5.69 Å². The molecule has 2 atom stereocenters. The van der Waals surface area contributed by atoms with Gasteiger partial charge in [0, 0.05) is 30.0 Å². The van der Waals surface area contributed by atoms with Crippen molar-refractivity contribution >= 4 is 44.9 Å². The van der Waals surface area contributed by atoms with Crippen LogP contribution in [0.1, 0.15) is 29.9 Å². The number of methoxy groups -OCH3 is 1. The molecular weight excluding hydrogens is 671 g/mol. The fraction of sp³-hybridized carbons (Fsp3) is 0.182. The van der Waals surface area contributed by atoms with E-state index in [4.69, 9.17) is 42.1 Å². The highest BCUT2D eigenvalue weighted by Crippen LogP contribution is 2.39. The van der Waals surface area contributed by atoms with Crippen molar-refractivity contribution in [2.45, 2.75) is 36.3 Å². The first kappa shape index (κ1) is 33.7. The molecule has 2 aliphatic rings. The number of carbonyl (C=O) groups is 1. The van der Waals surface area contributed by atoms with Gasteiger partial charge in [0.1, 0.15) is 36.7 Å². The van der Waals surface area contributed by atoms with Crippen LogP contribution in [0.5, 0.6) is 5.75 Å². The van der Waals surface area contributed by atoms with Gasteiger partial charge in [-0.05, 0) is 53.9 Å². The maximum atomic E-state index is 13.0. The highest BCUT2D eigenvalue weighted by molar-refractivity contribution is 7.89. The molecule has 0 bridgehead atoms. The number of nitrogens with one attached hydrogen (secondary N) is 1. The van der Waals surface area contributed by atoms with Gasteiger partial charge in [0.2, 0.25) is 10.0 Å². The van der Waals surface area contributed by atoms with Gasteiger partial charge in [-0.15, -0.1) is 0 Å². The second kappa shape index (κ2) is 14.9. The Balaban J connectivity index is 1.25. The molecule has 0 amide bonds. The van der Waals surface area contributed by atoms with Crippen LogP contribution in [0.25, 0.3) is 0 Å². The molecule has 3 aromatic rings. The second-order valence-corrected chi connectivity index (χ2v) is 12.9. The van der Waals surface area contributed by atoms with E-state index in [1.54, 1.807) is 12.1 Å². The van der Waals surface area contributed by atoms with Crippen LogP contribution in [0.2, 0.25) is 10.0 Å². The Morgan fingerprint density at radius 2 is 1.81 bits per heavy atom. The number of allylic oxidation sites excluding steroid dienone is 4. The van der Waals surface area contributed by atoms with Gasteiger partial charge in [0.15, 0.2) is 5.76 Å². The molecular formula is C33H28Cl2N2O9S. The molecule has 3 aromatic carbocycles. The van der Waals surface area contributed by atoms with Crippen molar-refractivity contribution < 1.29 is 37.1 Å². The molecule has 11 nitrogen and oxygen atoms in total. The van der Waals surface area contributed by atoms with E-state index >= 15 is 0 Å². The molecule has 14 heteroatoms. The van der Waals surface area contributed by atoms with Crippen molar-refractivity contribution in [1.82, 2.24) is 4.72 Å². The number of hydrogen-bond acceptors (Lipinski definition) is 9. The lowest BCUT2D eigenvalue weighted by Gasteiger charge is -2.27. The Kier molecular flexibility index (Phi) is 10.7. The minimum atomic E-state index is -4.27. The number of sulfonamides is 1. The number of non-ortho nitro benzene ring substituents is 1. The summed E-state index contributed by atoms with van der Waals surface area (Å²) in [6, 6.07) is 15.9. The Hall–Kier alpha value is -4.62. The van der Waals surface area contributed by atoms with Gasteiger partial charge in [-0.25, -0.2) is 8.42 Å². The van der Waals surface area contributed by atoms with E-state index in [9.17, 15) is 23.3 Å². The predicted molar refractivity (Wildman–Crippen MR) is 174 cm³/mol. The number of benzene rings is 3. The van der Waals surface area contributed by atoms with E-state index in [0.717, 1.165) is 48.1 Å². The molecule has 0 fully saturated rings. The Morgan fingerprint density at radius 3 is 2.49 bits per heavy atom. The summed E-state index contributed by atoms with van der Waals surface area (Å²) in [7, 11) is -3.14. The lowest BCUT2D eigenvalue weighted by atomic mass is 9.84. The van der Waals surface area contributed by atoms with Crippen LogP contribution in [-0.2, 0) is 35.6 Å². The molecule has 0 radical (unpaired) electrons. The number of nitro benzene ring substituents is 1. The predicted octanol–water partition coefficient (Wildman–Crippen LogP) is 7.09. The van der Waals surface area contributed by atoms with Gasteiger partial charge in [-0.1, -0.05) is 59.6 Å². The second-order valence-electron chi connectivity index (χ2n) is 10.4. The first-order valence-electron chi connectivity index (χ1n) is 14.1. The van der Waals surface area contributed by atoms with Crippen LogP contribution in [-0.4, -0.2) is 32.5 Å². The fourth-order valence-corrected chi connectivity index (χ4v) is 6.39. The minimum Gasteiger partial charge on any atom is -0.489 e. The van der Waals surface area contributed by atoms with E-state index in [0.29, 0.717) is 34.6 Å². The number of esters is 1. The standard InChI is InChI=1S/C33H28Cl2N2O9S/c1-43-33(38)31(36-47(41,42)26-13-9-23(10-14-26)37(39)40)17-25-19-44-20-32(46-25)28-5-3-2-4-27(28)22-7-11-24(12-8-22)45-18-21-6-15-29(34)30(35)16-21/h2-3,5-16,19-20,27,31,36H,4,17-18H2,1H3/t27-,31-/m0/s1. The maximum absolute atomic E-state index is 13.0. The maximum Gasteiger partial charge on any atom is 0.324 e.